The van der Waals surface area contributed by atoms with Gasteiger partial charge >= 0.3 is 6.18 Å². The fourth-order valence-electron chi connectivity index (χ4n) is 1.53. The van der Waals surface area contributed by atoms with E-state index in [4.69, 9.17) is 0 Å². The van der Waals surface area contributed by atoms with Crippen LogP contribution in [-0.4, -0.2) is 29.5 Å². The number of halogens is 3. The minimum atomic E-state index is -4.15. The molecule has 1 unspecified atom stereocenters. The molecule has 2 rings (SSSR count). The van der Waals surface area contributed by atoms with Crippen LogP contribution in [0.25, 0.3) is 10.2 Å². The van der Waals surface area contributed by atoms with Gasteiger partial charge in [-0.2, -0.15) is 13.2 Å². The zero-order chi connectivity index (χ0) is 13.9. The molecule has 0 fully saturated rings. The van der Waals surface area contributed by atoms with Crippen LogP contribution in [0.15, 0.2) is 28.6 Å². The van der Waals surface area contributed by atoms with E-state index in [-0.39, 0.29) is 5.25 Å². The van der Waals surface area contributed by atoms with Gasteiger partial charge in [-0.1, -0.05) is 30.8 Å². The number of thioether (sulfide) groups is 1. The maximum Gasteiger partial charge on any atom is 0.401 e. The predicted molar refractivity (Wildman–Crippen MR) is 73.9 cm³/mol. The Morgan fingerprint density at radius 3 is 2.79 bits per heavy atom. The first-order chi connectivity index (χ1) is 8.94. The third-order valence-corrected chi connectivity index (χ3v) is 4.57. The van der Waals surface area contributed by atoms with Gasteiger partial charge in [0.05, 0.1) is 16.8 Å². The standard InChI is InChI=1S/C12H13F3N2S2/c1-8(6-16-7-12(13,14)15)18-11-17-9-4-2-3-5-10(9)19-11/h2-5,8,16H,6-7H2,1H3. The highest BCUT2D eigenvalue weighted by molar-refractivity contribution is 8.01. The molecule has 1 atom stereocenters. The smallest absolute Gasteiger partial charge is 0.308 e. The van der Waals surface area contributed by atoms with Crippen molar-refractivity contribution < 1.29 is 13.2 Å². The maximum absolute atomic E-state index is 12.0. The van der Waals surface area contributed by atoms with E-state index in [1.54, 1.807) is 11.3 Å². The summed E-state index contributed by atoms with van der Waals surface area (Å²) in [6.07, 6.45) is -4.15. The van der Waals surface area contributed by atoms with Crippen LogP contribution in [0, 0.1) is 0 Å². The Bertz CT molecular complexity index is 506. The third-order valence-electron chi connectivity index (χ3n) is 2.33. The van der Waals surface area contributed by atoms with Crippen LogP contribution in [0.4, 0.5) is 13.2 Å². The lowest BCUT2D eigenvalue weighted by Crippen LogP contribution is -2.32. The molecule has 1 N–H and O–H groups in total. The van der Waals surface area contributed by atoms with E-state index in [0.717, 1.165) is 14.6 Å². The van der Waals surface area contributed by atoms with Gasteiger partial charge in [-0.15, -0.1) is 11.3 Å². The van der Waals surface area contributed by atoms with Crippen LogP contribution < -0.4 is 5.32 Å². The fraction of sp³-hybridized carbons (Fsp3) is 0.417. The van der Waals surface area contributed by atoms with Gasteiger partial charge in [-0.3, -0.25) is 0 Å². The summed E-state index contributed by atoms with van der Waals surface area (Å²) >= 11 is 3.06. The average Bonchev–Trinajstić information content (AvgIpc) is 2.68. The summed E-state index contributed by atoms with van der Waals surface area (Å²) in [5.74, 6) is 0. The van der Waals surface area contributed by atoms with Crippen LogP contribution in [0.1, 0.15) is 6.92 Å². The second-order valence-electron chi connectivity index (χ2n) is 4.12. The zero-order valence-corrected chi connectivity index (χ0v) is 11.8. The van der Waals surface area contributed by atoms with Gasteiger partial charge in [0.1, 0.15) is 0 Å². The Kier molecular flexibility index (Phi) is 4.70. The Morgan fingerprint density at radius 1 is 1.37 bits per heavy atom. The molecule has 1 aromatic heterocycles. The van der Waals surface area contributed by atoms with Crippen molar-refractivity contribution in [2.75, 3.05) is 13.1 Å². The van der Waals surface area contributed by atoms with E-state index in [0.29, 0.717) is 6.54 Å². The van der Waals surface area contributed by atoms with Crippen molar-refractivity contribution in [3.63, 3.8) is 0 Å². The summed E-state index contributed by atoms with van der Waals surface area (Å²) in [6.45, 7) is 1.25. The molecule has 0 bridgehead atoms. The summed E-state index contributed by atoms with van der Waals surface area (Å²) in [7, 11) is 0. The van der Waals surface area contributed by atoms with Gasteiger partial charge in [0.15, 0.2) is 4.34 Å². The number of thiazole rings is 1. The highest BCUT2D eigenvalue weighted by Crippen LogP contribution is 2.31. The maximum atomic E-state index is 12.0. The van der Waals surface area contributed by atoms with E-state index in [1.165, 1.54) is 11.8 Å². The molecule has 19 heavy (non-hydrogen) atoms. The Labute approximate surface area is 117 Å². The van der Waals surface area contributed by atoms with Crippen LogP contribution in [0.5, 0.6) is 0 Å². The number of rotatable bonds is 5. The molecule has 0 aliphatic carbocycles. The first-order valence-electron chi connectivity index (χ1n) is 5.74. The molecule has 0 saturated heterocycles. The molecular weight excluding hydrogens is 293 g/mol. The normalized spacial score (nSPS) is 13.9. The van der Waals surface area contributed by atoms with Crippen molar-refractivity contribution in [3.05, 3.63) is 24.3 Å². The largest absolute Gasteiger partial charge is 0.401 e. The summed E-state index contributed by atoms with van der Waals surface area (Å²) in [6, 6.07) is 7.79. The molecule has 0 radical (unpaired) electrons. The SMILES string of the molecule is CC(CNCC(F)(F)F)Sc1nc2ccccc2s1. The van der Waals surface area contributed by atoms with E-state index >= 15 is 0 Å². The minimum Gasteiger partial charge on any atom is -0.308 e. The monoisotopic (exact) mass is 306 g/mol. The molecule has 1 aromatic carbocycles. The number of nitrogens with one attached hydrogen (secondary N) is 1. The zero-order valence-electron chi connectivity index (χ0n) is 10.2. The first kappa shape index (κ1) is 14.6. The van der Waals surface area contributed by atoms with Crippen molar-refractivity contribution in [3.8, 4) is 0 Å². The molecule has 0 saturated carbocycles. The first-order valence-corrected chi connectivity index (χ1v) is 7.43. The molecule has 2 nitrogen and oxygen atoms in total. The predicted octanol–water partition coefficient (Wildman–Crippen LogP) is 3.93. The Morgan fingerprint density at radius 2 is 2.11 bits per heavy atom. The number of hydrogen-bond acceptors (Lipinski definition) is 4. The Hall–Kier alpha value is -0.790. The lowest BCUT2D eigenvalue weighted by Gasteiger charge is -2.12. The highest BCUT2D eigenvalue weighted by atomic mass is 32.2. The molecule has 1 heterocycles. The van der Waals surface area contributed by atoms with Crippen molar-refractivity contribution >= 4 is 33.3 Å². The lowest BCUT2D eigenvalue weighted by atomic mass is 10.3. The van der Waals surface area contributed by atoms with Crippen molar-refractivity contribution in [2.24, 2.45) is 0 Å². The summed E-state index contributed by atoms with van der Waals surface area (Å²) < 4.78 is 38.0. The average molecular weight is 306 g/mol. The van der Waals surface area contributed by atoms with Gasteiger partial charge in [-0.05, 0) is 12.1 Å². The molecule has 0 aliphatic heterocycles. The quantitative estimate of drug-likeness (QED) is 0.847. The number of aromatic nitrogens is 1. The van der Waals surface area contributed by atoms with Gasteiger partial charge in [0.2, 0.25) is 0 Å². The van der Waals surface area contributed by atoms with Crippen LogP contribution in [-0.2, 0) is 0 Å². The summed E-state index contributed by atoms with van der Waals surface area (Å²) in [4.78, 5) is 4.44. The van der Waals surface area contributed by atoms with E-state index in [2.05, 4.69) is 10.3 Å². The lowest BCUT2D eigenvalue weighted by molar-refractivity contribution is -0.124. The molecule has 104 valence electrons. The second-order valence-corrected chi connectivity index (χ2v) is 6.84. The van der Waals surface area contributed by atoms with Crippen LogP contribution in [0.3, 0.4) is 0 Å². The van der Waals surface area contributed by atoms with Crippen molar-refractivity contribution in [2.45, 2.75) is 22.7 Å². The number of nitrogens with zero attached hydrogens (tertiary/aromatic N) is 1. The van der Waals surface area contributed by atoms with Crippen molar-refractivity contribution in [1.82, 2.24) is 10.3 Å². The van der Waals surface area contributed by atoms with Crippen LogP contribution >= 0.6 is 23.1 Å². The molecule has 0 aliphatic rings. The molecule has 7 heteroatoms. The fourth-order valence-corrected chi connectivity index (χ4v) is 3.88. The second kappa shape index (κ2) is 6.11. The topological polar surface area (TPSA) is 24.9 Å². The van der Waals surface area contributed by atoms with E-state index in [9.17, 15) is 13.2 Å². The molecule has 0 amide bonds. The van der Waals surface area contributed by atoms with Gasteiger partial charge < -0.3 is 5.32 Å². The van der Waals surface area contributed by atoms with E-state index in [1.807, 2.05) is 31.2 Å². The number of benzene rings is 1. The van der Waals surface area contributed by atoms with Gasteiger partial charge in [0, 0.05) is 11.8 Å². The minimum absolute atomic E-state index is 0.0444. The number of fused-ring (bicyclic) bond motifs is 1. The number of para-hydroxylation sites is 1. The van der Waals surface area contributed by atoms with Crippen LogP contribution in [0.2, 0.25) is 0 Å². The Balaban J connectivity index is 1.86. The highest BCUT2D eigenvalue weighted by Gasteiger charge is 2.26. The number of hydrogen-bond donors (Lipinski definition) is 1. The van der Waals surface area contributed by atoms with Crippen molar-refractivity contribution in [1.29, 1.82) is 0 Å². The van der Waals surface area contributed by atoms with Gasteiger partial charge in [0.25, 0.3) is 0 Å². The summed E-state index contributed by atoms with van der Waals surface area (Å²) in [5.41, 5.74) is 0.936. The molecular formula is C12H13F3N2S2. The third kappa shape index (κ3) is 4.67. The molecule has 0 spiro atoms. The summed E-state index contributed by atoms with van der Waals surface area (Å²) in [5, 5.41) is 2.45. The van der Waals surface area contributed by atoms with Gasteiger partial charge in [-0.25, -0.2) is 4.98 Å². The van der Waals surface area contributed by atoms with E-state index < -0.39 is 12.7 Å². The number of alkyl halides is 3. The molecule has 2 aromatic rings.